The highest BCUT2D eigenvalue weighted by molar-refractivity contribution is 6.34. The second-order valence-electron chi connectivity index (χ2n) is 3.89. The fraction of sp³-hybridized carbons (Fsp3) is 0.231. The van der Waals surface area contributed by atoms with E-state index in [2.05, 4.69) is 5.10 Å². The lowest BCUT2D eigenvalue weighted by atomic mass is 10.1. The normalized spacial score (nSPS) is 10.6. The Kier molecular flexibility index (Phi) is 3.79. The van der Waals surface area contributed by atoms with Crippen LogP contribution < -0.4 is 5.73 Å². The molecule has 0 saturated carbocycles. The van der Waals surface area contributed by atoms with Crippen molar-refractivity contribution < 1.29 is 4.79 Å². The van der Waals surface area contributed by atoms with Gasteiger partial charge in [-0.3, -0.25) is 9.48 Å². The smallest absolute Gasteiger partial charge is 0.212 e. The van der Waals surface area contributed by atoms with Gasteiger partial charge in [-0.1, -0.05) is 35.9 Å². The lowest BCUT2D eigenvalue weighted by molar-refractivity contribution is 0.102. The van der Waals surface area contributed by atoms with Gasteiger partial charge in [-0.05, 0) is 12.5 Å². The predicted octanol–water partition coefficient (Wildman–Crippen LogP) is 2.25. The summed E-state index contributed by atoms with van der Waals surface area (Å²) in [6.45, 7) is 2.98. The van der Waals surface area contributed by atoms with Crippen molar-refractivity contribution >= 4 is 17.4 Å². The first kappa shape index (κ1) is 12.8. The Morgan fingerprint density at radius 2 is 2.06 bits per heavy atom. The molecule has 0 fully saturated rings. The second kappa shape index (κ2) is 5.33. The minimum absolute atomic E-state index is 0.122. The molecule has 0 aliphatic carbocycles. The first-order valence-electron chi connectivity index (χ1n) is 5.72. The van der Waals surface area contributed by atoms with Crippen LogP contribution in [0.4, 0.5) is 0 Å². The van der Waals surface area contributed by atoms with E-state index >= 15 is 0 Å². The van der Waals surface area contributed by atoms with E-state index in [0.717, 1.165) is 5.56 Å². The number of ketones is 1. The largest absolute Gasteiger partial charge is 0.326 e. The fourth-order valence-electron chi connectivity index (χ4n) is 1.76. The number of halogens is 1. The van der Waals surface area contributed by atoms with Gasteiger partial charge in [-0.15, -0.1) is 0 Å². The molecule has 94 valence electrons. The van der Waals surface area contributed by atoms with Crippen molar-refractivity contribution in [3.05, 3.63) is 52.3 Å². The molecule has 2 rings (SSSR count). The molecule has 0 unspecified atom stereocenters. The number of carbonyl (C=O) groups is 1. The Labute approximate surface area is 110 Å². The summed E-state index contributed by atoms with van der Waals surface area (Å²) >= 11 is 6.00. The zero-order valence-electron chi connectivity index (χ0n) is 10.1. The molecule has 2 N–H and O–H groups in total. The van der Waals surface area contributed by atoms with Crippen molar-refractivity contribution in [2.75, 3.05) is 0 Å². The van der Waals surface area contributed by atoms with Gasteiger partial charge < -0.3 is 5.73 Å². The van der Waals surface area contributed by atoms with Crippen molar-refractivity contribution in [3.8, 4) is 0 Å². The van der Waals surface area contributed by atoms with Crippen molar-refractivity contribution in [2.24, 2.45) is 5.73 Å². The summed E-state index contributed by atoms with van der Waals surface area (Å²) in [7, 11) is 0. The second-order valence-corrected chi connectivity index (χ2v) is 4.29. The first-order chi connectivity index (χ1) is 8.67. The summed E-state index contributed by atoms with van der Waals surface area (Å²) in [5, 5.41) is 4.44. The number of aromatic nitrogens is 2. The number of benzene rings is 1. The summed E-state index contributed by atoms with van der Waals surface area (Å²) in [5.74, 6) is -0.122. The van der Waals surface area contributed by atoms with Gasteiger partial charge in [0.15, 0.2) is 0 Å². The lowest BCUT2D eigenvalue weighted by Crippen LogP contribution is -2.11. The highest BCUT2D eigenvalue weighted by atomic mass is 35.5. The molecule has 0 aliphatic heterocycles. The summed E-state index contributed by atoms with van der Waals surface area (Å²) in [6.07, 6.45) is 1.49. The third-order valence-corrected chi connectivity index (χ3v) is 3.04. The maximum Gasteiger partial charge on any atom is 0.212 e. The van der Waals surface area contributed by atoms with E-state index in [-0.39, 0.29) is 5.78 Å². The number of nitrogens with two attached hydrogens (primary N) is 1. The molecule has 4 nitrogen and oxygen atoms in total. The molecular weight excluding hydrogens is 250 g/mol. The molecule has 0 atom stereocenters. The molecule has 0 radical (unpaired) electrons. The van der Waals surface area contributed by atoms with Gasteiger partial charge in [0.1, 0.15) is 5.69 Å². The van der Waals surface area contributed by atoms with E-state index < -0.39 is 0 Å². The Bertz CT molecular complexity index is 560. The zero-order chi connectivity index (χ0) is 13.1. The highest BCUT2D eigenvalue weighted by Crippen LogP contribution is 2.19. The van der Waals surface area contributed by atoms with Crippen LogP contribution in [0.1, 0.15) is 28.5 Å². The van der Waals surface area contributed by atoms with Crippen LogP contribution in [-0.4, -0.2) is 15.6 Å². The van der Waals surface area contributed by atoms with E-state index in [9.17, 15) is 4.79 Å². The van der Waals surface area contributed by atoms with Crippen LogP contribution in [0.15, 0.2) is 30.5 Å². The summed E-state index contributed by atoms with van der Waals surface area (Å²) < 4.78 is 1.60. The van der Waals surface area contributed by atoms with E-state index in [0.29, 0.717) is 29.4 Å². The number of hydrogen-bond donors (Lipinski definition) is 1. The van der Waals surface area contributed by atoms with Gasteiger partial charge in [-0.25, -0.2) is 0 Å². The van der Waals surface area contributed by atoms with Crippen LogP contribution in [0.3, 0.4) is 0 Å². The van der Waals surface area contributed by atoms with E-state index in [1.54, 1.807) is 16.8 Å². The van der Waals surface area contributed by atoms with E-state index in [1.807, 2.05) is 19.1 Å². The predicted molar refractivity (Wildman–Crippen MR) is 70.7 cm³/mol. The van der Waals surface area contributed by atoms with Crippen molar-refractivity contribution in [1.29, 1.82) is 0 Å². The van der Waals surface area contributed by atoms with Gasteiger partial charge in [0.25, 0.3) is 0 Å². The van der Waals surface area contributed by atoms with E-state index in [4.69, 9.17) is 17.3 Å². The maximum atomic E-state index is 12.3. The summed E-state index contributed by atoms with van der Waals surface area (Å²) in [6, 6.07) is 7.20. The van der Waals surface area contributed by atoms with Crippen molar-refractivity contribution in [2.45, 2.75) is 20.0 Å². The molecule has 1 heterocycles. The van der Waals surface area contributed by atoms with Gasteiger partial charge >= 0.3 is 0 Å². The molecule has 5 heteroatoms. The standard InChI is InChI=1S/C13H14ClN3O/c1-2-17-12(11(14)8-16-17)13(18)10-5-3-9(7-15)4-6-10/h3-6,8H,2,7,15H2,1H3. The molecule has 0 bridgehead atoms. The third kappa shape index (κ3) is 2.30. The molecule has 1 aromatic carbocycles. The Hall–Kier alpha value is -1.65. The molecule has 1 aromatic heterocycles. The van der Waals surface area contributed by atoms with Crippen LogP contribution in [0.25, 0.3) is 0 Å². The number of aryl methyl sites for hydroxylation is 1. The molecule has 0 amide bonds. The molecule has 0 spiro atoms. The number of carbonyl (C=O) groups excluding carboxylic acids is 1. The molecule has 2 aromatic rings. The first-order valence-corrected chi connectivity index (χ1v) is 6.10. The number of nitrogens with zero attached hydrogens (tertiary/aromatic N) is 2. The molecule has 0 aliphatic rings. The Morgan fingerprint density at radius 1 is 1.39 bits per heavy atom. The molecule has 0 saturated heterocycles. The molecular formula is C13H14ClN3O. The summed E-state index contributed by atoms with van der Waals surface area (Å²) in [4.78, 5) is 12.3. The van der Waals surface area contributed by atoms with Gasteiger partial charge in [0.2, 0.25) is 5.78 Å². The average molecular weight is 264 g/mol. The lowest BCUT2D eigenvalue weighted by Gasteiger charge is -2.05. The van der Waals surface area contributed by atoms with Gasteiger partial charge in [0.05, 0.1) is 11.2 Å². The monoisotopic (exact) mass is 263 g/mol. The Morgan fingerprint density at radius 3 is 2.61 bits per heavy atom. The zero-order valence-corrected chi connectivity index (χ0v) is 10.8. The average Bonchev–Trinajstić information content (AvgIpc) is 2.79. The maximum absolute atomic E-state index is 12.3. The van der Waals surface area contributed by atoms with Gasteiger partial charge in [-0.2, -0.15) is 5.10 Å². The van der Waals surface area contributed by atoms with E-state index in [1.165, 1.54) is 6.20 Å². The quantitative estimate of drug-likeness (QED) is 0.861. The molecule has 18 heavy (non-hydrogen) atoms. The minimum atomic E-state index is -0.122. The van der Waals surface area contributed by atoms with Crippen molar-refractivity contribution in [3.63, 3.8) is 0 Å². The van der Waals surface area contributed by atoms with Crippen LogP contribution in [-0.2, 0) is 13.1 Å². The fourth-order valence-corrected chi connectivity index (χ4v) is 1.98. The van der Waals surface area contributed by atoms with Gasteiger partial charge in [0, 0.05) is 18.7 Å². The SMILES string of the molecule is CCn1ncc(Cl)c1C(=O)c1ccc(CN)cc1. The van der Waals surface area contributed by atoms with Crippen LogP contribution >= 0.6 is 11.6 Å². The topological polar surface area (TPSA) is 60.9 Å². The van der Waals surface area contributed by atoms with Crippen LogP contribution in [0.5, 0.6) is 0 Å². The van der Waals surface area contributed by atoms with Crippen molar-refractivity contribution in [1.82, 2.24) is 9.78 Å². The summed E-state index contributed by atoms with van der Waals surface area (Å²) in [5.41, 5.74) is 7.53. The third-order valence-electron chi connectivity index (χ3n) is 2.76. The number of hydrogen-bond acceptors (Lipinski definition) is 3. The van der Waals surface area contributed by atoms with Crippen LogP contribution in [0, 0.1) is 0 Å². The minimum Gasteiger partial charge on any atom is -0.326 e. The Balaban J connectivity index is 2.38. The van der Waals surface area contributed by atoms with Crippen LogP contribution in [0.2, 0.25) is 5.02 Å². The highest BCUT2D eigenvalue weighted by Gasteiger charge is 2.18. The number of rotatable bonds is 4.